The van der Waals surface area contributed by atoms with Gasteiger partial charge in [-0.2, -0.15) is 0 Å². The molecule has 0 aliphatic rings. The first-order valence-corrected chi connectivity index (χ1v) is 28.3. The molecule has 390 valence electrons. The number of rotatable bonds is 9. The zero-order valence-electron chi connectivity index (χ0n) is 45.4. The molecule has 84 heavy (non-hydrogen) atoms. The van der Waals surface area contributed by atoms with Crippen molar-refractivity contribution in [3.63, 3.8) is 0 Å². The maximum Gasteiger partial charge on any atom is 0.160 e. The third-order valence-electron chi connectivity index (χ3n) is 16.4. The Bertz CT molecular complexity index is 4780. The Morgan fingerprint density at radius 1 is 0.202 bits per heavy atom. The zero-order chi connectivity index (χ0) is 55.5. The molecular weight excluding hydrogens is 1020 g/mol. The van der Waals surface area contributed by atoms with Gasteiger partial charge in [0.25, 0.3) is 0 Å². The molecule has 0 unspecified atom stereocenters. The number of benzene rings is 12. The fourth-order valence-corrected chi connectivity index (χ4v) is 12.2. The van der Waals surface area contributed by atoms with E-state index >= 15 is 0 Å². The van der Waals surface area contributed by atoms with Crippen molar-refractivity contribution < 1.29 is 0 Å². The average Bonchev–Trinajstić information content (AvgIpc) is 3.36. The van der Waals surface area contributed by atoms with Crippen molar-refractivity contribution in [2.24, 2.45) is 0 Å². The highest BCUT2D eigenvalue weighted by Gasteiger charge is 2.19. The number of fused-ring (bicyclic) bond motifs is 6. The number of hydrogen-bond acceptors (Lipinski definition) is 6. The van der Waals surface area contributed by atoms with Gasteiger partial charge in [0.2, 0.25) is 0 Å². The fourth-order valence-electron chi connectivity index (χ4n) is 12.2. The molecule has 0 radical (unpaired) electrons. The van der Waals surface area contributed by atoms with Gasteiger partial charge >= 0.3 is 0 Å². The van der Waals surface area contributed by atoms with Gasteiger partial charge in [-0.1, -0.05) is 243 Å². The molecule has 16 aromatic rings. The Hall–Kier alpha value is -11.3. The van der Waals surface area contributed by atoms with Gasteiger partial charge in [-0.3, -0.25) is 9.97 Å². The van der Waals surface area contributed by atoms with E-state index in [0.717, 1.165) is 154 Å². The molecular formula is C78H48N6. The molecule has 6 nitrogen and oxygen atoms in total. The molecule has 0 atom stereocenters. The second-order valence-corrected chi connectivity index (χ2v) is 21.4. The molecule has 0 amide bonds. The molecule has 0 saturated carbocycles. The molecule has 0 spiro atoms. The lowest BCUT2D eigenvalue weighted by Gasteiger charge is -2.15. The first-order chi connectivity index (χ1) is 41.6. The van der Waals surface area contributed by atoms with Gasteiger partial charge in [-0.05, 0) is 102 Å². The van der Waals surface area contributed by atoms with Crippen molar-refractivity contribution in [2.75, 3.05) is 0 Å². The largest absolute Gasteiger partial charge is 0.256 e. The minimum absolute atomic E-state index is 0.649. The molecule has 4 heterocycles. The molecule has 0 aliphatic carbocycles. The molecule has 16 rings (SSSR count). The standard InChI is InChI=1S/C78H48N6/c1-5-21-63-59(13-1)45-60-14-2-6-22-64(60)73(63)71-47-69(53-35-31-51(32-36-53)67-25-9-17-55-19-11-43-79-75(55)67)81-77(83-71)57-39-27-49(28-40-57)50-29-41-58(42-30-50)78-82-70(54-37-33-52(34-38-54)68-26-10-18-56-20-12-44-80-76(56)68)48-72(84-78)74-65-23-7-3-15-61(65)46-62-16-4-8-24-66(62)74/h1-48H. The van der Waals surface area contributed by atoms with Crippen molar-refractivity contribution in [1.82, 2.24) is 29.9 Å². The van der Waals surface area contributed by atoms with Crippen LogP contribution in [0.1, 0.15) is 0 Å². The Morgan fingerprint density at radius 3 is 0.881 bits per heavy atom. The van der Waals surface area contributed by atoms with E-state index in [2.05, 4.69) is 267 Å². The molecule has 0 aliphatic heterocycles. The molecule has 0 saturated heterocycles. The first kappa shape index (κ1) is 48.6. The summed E-state index contributed by atoms with van der Waals surface area (Å²) in [5.41, 5.74) is 17.9. The summed E-state index contributed by atoms with van der Waals surface area (Å²) in [7, 11) is 0. The summed E-state index contributed by atoms with van der Waals surface area (Å²) in [6.07, 6.45) is 3.71. The van der Waals surface area contributed by atoms with Crippen molar-refractivity contribution >= 4 is 64.9 Å². The minimum Gasteiger partial charge on any atom is -0.256 e. The van der Waals surface area contributed by atoms with Crippen LogP contribution in [0.25, 0.3) is 166 Å². The van der Waals surface area contributed by atoms with Crippen LogP contribution < -0.4 is 0 Å². The summed E-state index contributed by atoms with van der Waals surface area (Å²) >= 11 is 0. The maximum absolute atomic E-state index is 5.43. The van der Waals surface area contributed by atoms with Gasteiger partial charge in [0.1, 0.15) is 0 Å². The van der Waals surface area contributed by atoms with Crippen LogP contribution in [0, 0.1) is 0 Å². The second-order valence-electron chi connectivity index (χ2n) is 21.4. The molecule has 0 N–H and O–H groups in total. The van der Waals surface area contributed by atoms with Crippen molar-refractivity contribution in [1.29, 1.82) is 0 Å². The highest BCUT2D eigenvalue weighted by Crippen LogP contribution is 2.41. The Morgan fingerprint density at radius 2 is 0.500 bits per heavy atom. The van der Waals surface area contributed by atoms with Gasteiger partial charge in [-0.25, -0.2) is 19.9 Å². The lowest BCUT2D eigenvalue weighted by molar-refractivity contribution is 1.19. The monoisotopic (exact) mass is 1070 g/mol. The quantitative estimate of drug-likeness (QED) is 0.134. The average molecular weight is 1070 g/mol. The third-order valence-corrected chi connectivity index (χ3v) is 16.4. The van der Waals surface area contributed by atoms with E-state index in [1.165, 1.54) is 0 Å². The van der Waals surface area contributed by atoms with Crippen LogP contribution in [0.15, 0.2) is 291 Å². The van der Waals surface area contributed by atoms with E-state index in [9.17, 15) is 0 Å². The number of aromatic nitrogens is 6. The van der Waals surface area contributed by atoms with Crippen LogP contribution in [-0.4, -0.2) is 29.9 Å². The summed E-state index contributed by atoms with van der Waals surface area (Å²) in [6, 6.07) is 98.6. The first-order valence-electron chi connectivity index (χ1n) is 28.3. The van der Waals surface area contributed by atoms with Crippen LogP contribution in [0.2, 0.25) is 0 Å². The number of para-hydroxylation sites is 2. The summed E-state index contributed by atoms with van der Waals surface area (Å²) in [5.74, 6) is 1.30. The van der Waals surface area contributed by atoms with E-state index in [1.807, 2.05) is 24.5 Å². The second kappa shape index (κ2) is 20.3. The van der Waals surface area contributed by atoms with Gasteiger partial charge in [-0.15, -0.1) is 0 Å². The van der Waals surface area contributed by atoms with Crippen molar-refractivity contribution in [3.05, 3.63) is 291 Å². The molecule has 4 aromatic heterocycles. The van der Waals surface area contributed by atoms with Crippen molar-refractivity contribution in [3.8, 4) is 101 Å². The predicted molar refractivity (Wildman–Crippen MR) is 347 cm³/mol. The van der Waals surface area contributed by atoms with Gasteiger partial charge in [0.05, 0.1) is 33.8 Å². The van der Waals surface area contributed by atoms with Crippen LogP contribution in [-0.2, 0) is 0 Å². The molecule has 0 fully saturated rings. The van der Waals surface area contributed by atoms with Crippen LogP contribution >= 0.6 is 0 Å². The van der Waals surface area contributed by atoms with E-state index in [-0.39, 0.29) is 0 Å². The smallest absolute Gasteiger partial charge is 0.160 e. The summed E-state index contributed by atoms with van der Waals surface area (Å²) in [6.45, 7) is 0. The topological polar surface area (TPSA) is 77.3 Å². The summed E-state index contributed by atoms with van der Waals surface area (Å²) < 4.78 is 0. The molecule has 12 aromatic carbocycles. The third kappa shape index (κ3) is 8.69. The van der Waals surface area contributed by atoms with E-state index in [1.54, 1.807) is 0 Å². The van der Waals surface area contributed by atoms with Gasteiger partial charge in [0, 0.05) is 67.7 Å². The SMILES string of the molecule is c1ccc2c(-c3cc(-c4ccc(-c5cccc6cccnc56)cc4)nc(-c4ccc(-c5ccc(-c6nc(-c7ccc(-c8cccc9cccnc89)cc7)cc(-c7c8ccccc8cc8ccccc78)n6)cc5)cc4)n3)c3ccccc3cc2c1. The summed E-state index contributed by atoms with van der Waals surface area (Å²) in [5, 5.41) is 11.4. The minimum atomic E-state index is 0.649. The number of nitrogens with zero attached hydrogens (tertiary/aromatic N) is 6. The van der Waals surface area contributed by atoms with E-state index in [0.29, 0.717) is 11.6 Å². The Kier molecular flexibility index (Phi) is 11.8. The normalized spacial score (nSPS) is 11.6. The molecule has 0 bridgehead atoms. The van der Waals surface area contributed by atoms with Crippen molar-refractivity contribution in [2.45, 2.75) is 0 Å². The van der Waals surface area contributed by atoms with Crippen LogP contribution in [0.5, 0.6) is 0 Å². The van der Waals surface area contributed by atoms with Crippen LogP contribution in [0.4, 0.5) is 0 Å². The maximum atomic E-state index is 5.43. The predicted octanol–water partition coefficient (Wildman–Crippen LogP) is 20.0. The Labute approximate surface area is 484 Å². The number of hydrogen-bond donors (Lipinski definition) is 0. The fraction of sp³-hybridized carbons (Fsp3) is 0. The lowest BCUT2D eigenvalue weighted by Crippen LogP contribution is -1.97. The Balaban J connectivity index is 0.774. The lowest BCUT2D eigenvalue weighted by atomic mass is 9.93. The zero-order valence-corrected chi connectivity index (χ0v) is 45.4. The highest BCUT2D eigenvalue weighted by atomic mass is 14.9. The highest BCUT2D eigenvalue weighted by molar-refractivity contribution is 6.14. The van der Waals surface area contributed by atoms with Gasteiger partial charge < -0.3 is 0 Å². The van der Waals surface area contributed by atoms with Crippen LogP contribution in [0.3, 0.4) is 0 Å². The number of pyridine rings is 2. The molecule has 6 heteroatoms. The van der Waals surface area contributed by atoms with Gasteiger partial charge in [0.15, 0.2) is 11.6 Å². The summed E-state index contributed by atoms with van der Waals surface area (Å²) in [4.78, 5) is 31.0. The van der Waals surface area contributed by atoms with E-state index < -0.39 is 0 Å². The van der Waals surface area contributed by atoms with E-state index in [4.69, 9.17) is 29.9 Å².